The number of thiol groups is 1. The van der Waals surface area contributed by atoms with Crippen LogP contribution >= 0.6 is 24.4 Å². The summed E-state index contributed by atoms with van der Waals surface area (Å²) < 4.78 is 0. The molecule has 0 saturated carbocycles. The highest BCUT2D eigenvalue weighted by molar-refractivity contribution is 7.99. The SMILES string of the molecule is Cc1ccc(SCCC(C)CCS)cc1. The van der Waals surface area contributed by atoms with Gasteiger partial charge in [-0.2, -0.15) is 12.6 Å². The van der Waals surface area contributed by atoms with Crippen molar-refractivity contribution in [2.24, 2.45) is 5.92 Å². The summed E-state index contributed by atoms with van der Waals surface area (Å²) in [6, 6.07) is 8.78. The van der Waals surface area contributed by atoms with Crippen LogP contribution in [-0.4, -0.2) is 11.5 Å². The Labute approximate surface area is 103 Å². The highest BCUT2D eigenvalue weighted by atomic mass is 32.2. The van der Waals surface area contributed by atoms with Gasteiger partial charge in [-0.25, -0.2) is 0 Å². The van der Waals surface area contributed by atoms with Crippen molar-refractivity contribution in [2.45, 2.75) is 31.6 Å². The summed E-state index contributed by atoms with van der Waals surface area (Å²) in [6.45, 7) is 4.44. The summed E-state index contributed by atoms with van der Waals surface area (Å²) in [4.78, 5) is 1.39. The lowest BCUT2D eigenvalue weighted by molar-refractivity contribution is 0.554. The van der Waals surface area contributed by atoms with E-state index in [4.69, 9.17) is 0 Å². The van der Waals surface area contributed by atoms with E-state index in [1.165, 1.54) is 29.1 Å². The van der Waals surface area contributed by atoms with Gasteiger partial charge in [-0.3, -0.25) is 0 Å². The zero-order chi connectivity index (χ0) is 11.1. The van der Waals surface area contributed by atoms with Crippen LogP contribution in [0.25, 0.3) is 0 Å². The Morgan fingerprint density at radius 1 is 1.20 bits per heavy atom. The molecule has 2 heteroatoms. The Kier molecular flexibility index (Phi) is 6.26. The Morgan fingerprint density at radius 3 is 2.47 bits per heavy atom. The predicted molar refractivity (Wildman–Crippen MR) is 74.2 cm³/mol. The minimum Gasteiger partial charge on any atom is -0.179 e. The maximum atomic E-state index is 4.26. The fraction of sp³-hybridized carbons (Fsp3) is 0.538. The van der Waals surface area contributed by atoms with Gasteiger partial charge in [0, 0.05) is 4.90 Å². The largest absolute Gasteiger partial charge is 0.179 e. The molecule has 0 fully saturated rings. The van der Waals surface area contributed by atoms with Crippen LogP contribution in [0.15, 0.2) is 29.2 Å². The lowest BCUT2D eigenvalue weighted by Gasteiger charge is -2.08. The second-order valence-corrected chi connectivity index (χ2v) is 5.68. The highest BCUT2D eigenvalue weighted by Crippen LogP contribution is 2.21. The fourth-order valence-corrected chi connectivity index (χ4v) is 2.90. The summed E-state index contributed by atoms with van der Waals surface area (Å²) >= 11 is 6.21. The number of aryl methyl sites for hydroxylation is 1. The summed E-state index contributed by atoms with van der Waals surface area (Å²) in [7, 11) is 0. The van der Waals surface area contributed by atoms with Crippen LogP contribution in [-0.2, 0) is 0 Å². The van der Waals surface area contributed by atoms with Gasteiger partial charge in [-0.1, -0.05) is 24.6 Å². The summed E-state index contributed by atoms with van der Waals surface area (Å²) in [5, 5.41) is 0. The van der Waals surface area contributed by atoms with Gasteiger partial charge < -0.3 is 0 Å². The molecule has 0 aromatic heterocycles. The van der Waals surface area contributed by atoms with E-state index in [0.29, 0.717) is 0 Å². The molecule has 1 rings (SSSR count). The highest BCUT2D eigenvalue weighted by Gasteiger charge is 2.01. The standard InChI is InChI=1S/C13H20S2/c1-11-3-5-13(6-4-11)15-10-8-12(2)7-9-14/h3-6,12,14H,7-10H2,1-2H3. The molecule has 0 nitrogen and oxygen atoms in total. The summed E-state index contributed by atoms with van der Waals surface area (Å²) in [5.41, 5.74) is 1.34. The molecule has 15 heavy (non-hydrogen) atoms. The molecule has 1 unspecified atom stereocenters. The first-order valence-electron chi connectivity index (χ1n) is 5.52. The number of rotatable bonds is 6. The van der Waals surface area contributed by atoms with Crippen molar-refractivity contribution in [1.29, 1.82) is 0 Å². The maximum absolute atomic E-state index is 4.26. The topological polar surface area (TPSA) is 0 Å². The van der Waals surface area contributed by atoms with Crippen LogP contribution in [0.4, 0.5) is 0 Å². The second kappa shape index (κ2) is 7.24. The third kappa shape index (κ3) is 5.53. The first kappa shape index (κ1) is 13.0. The number of hydrogen-bond donors (Lipinski definition) is 1. The normalized spacial score (nSPS) is 12.7. The Bertz CT molecular complexity index is 266. The van der Waals surface area contributed by atoms with Crippen LogP contribution in [0.3, 0.4) is 0 Å². The molecule has 0 aliphatic rings. The molecule has 0 aliphatic carbocycles. The van der Waals surface area contributed by atoms with Crippen LogP contribution in [0.1, 0.15) is 25.3 Å². The molecule has 0 N–H and O–H groups in total. The van der Waals surface area contributed by atoms with Gasteiger partial charge in [0.1, 0.15) is 0 Å². The lowest BCUT2D eigenvalue weighted by atomic mass is 10.1. The van der Waals surface area contributed by atoms with E-state index < -0.39 is 0 Å². The molecule has 0 bridgehead atoms. The van der Waals surface area contributed by atoms with Crippen molar-refractivity contribution in [1.82, 2.24) is 0 Å². The molecule has 1 aromatic rings. The van der Waals surface area contributed by atoms with Crippen molar-refractivity contribution >= 4 is 24.4 Å². The van der Waals surface area contributed by atoms with E-state index in [2.05, 4.69) is 50.7 Å². The van der Waals surface area contributed by atoms with Gasteiger partial charge in [0.25, 0.3) is 0 Å². The van der Waals surface area contributed by atoms with Crippen LogP contribution in [0.2, 0.25) is 0 Å². The number of hydrogen-bond acceptors (Lipinski definition) is 2. The van der Waals surface area contributed by atoms with Gasteiger partial charge in [0.15, 0.2) is 0 Å². The van der Waals surface area contributed by atoms with Crippen LogP contribution in [0.5, 0.6) is 0 Å². The minimum absolute atomic E-state index is 0.806. The quantitative estimate of drug-likeness (QED) is 0.567. The van der Waals surface area contributed by atoms with Gasteiger partial charge in [0.05, 0.1) is 0 Å². The molecule has 0 radical (unpaired) electrons. The Morgan fingerprint density at radius 2 is 1.87 bits per heavy atom. The molecule has 0 aliphatic heterocycles. The van der Waals surface area contributed by atoms with Crippen LogP contribution in [0, 0.1) is 12.8 Å². The monoisotopic (exact) mass is 240 g/mol. The molecule has 0 spiro atoms. The smallest absolute Gasteiger partial charge is 0.00721 e. The zero-order valence-electron chi connectivity index (χ0n) is 9.57. The number of benzene rings is 1. The minimum atomic E-state index is 0.806. The molecule has 0 saturated heterocycles. The summed E-state index contributed by atoms with van der Waals surface area (Å²) in [5.74, 6) is 3.04. The summed E-state index contributed by atoms with van der Waals surface area (Å²) in [6.07, 6.45) is 2.52. The first-order chi connectivity index (χ1) is 7.22. The Hall–Kier alpha value is -0.0800. The zero-order valence-corrected chi connectivity index (χ0v) is 11.3. The Balaban J connectivity index is 2.22. The third-order valence-corrected chi connectivity index (χ3v) is 3.83. The van der Waals surface area contributed by atoms with E-state index in [9.17, 15) is 0 Å². The van der Waals surface area contributed by atoms with Gasteiger partial charge in [0.2, 0.25) is 0 Å². The van der Waals surface area contributed by atoms with E-state index in [-0.39, 0.29) is 0 Å². The van der Waals surface area contributed by atoms with Crippen LogP contribution < -0.4 is 0 Å². The molecule has 1 aromatic carbocycles. The van der Waals surface area contributed by atoms with Crippen molar-refractivity contribution in [3.05, 3.63) is 29.8 Å². The average molecular weight is 240 g/mol. The van der Waals surface area contributed by atoms with E-state index in [1.54, 1.807) is 0 Å². The van der Waals surface area contributed by atoms with Crippen molar-refractivity contribution < 1.29 is 0 Å². The van der Waals surface area contributed by atoms with E-state index >= 15 is 0 Å². The molecule has 84 valence electrons. The third-order valence-electron chi connectivity index (χ3n) is 2.52. The van der Waals surface area contributed by atoms with Crippen molar-refractivity contribution in [3.8, 4) is 0 Å². The molecule has 0 heterocycles. The second-order valence-electron chi connectivity index (χ2n) is 4.07. The van der Waals surface area contributed by atoms with E-state index in [1.807, 2.05) is 11.8 Å². The average Bonchev–Trinajstić information content (AvgIpc) is 2.21. The maximum Gasteiger partial charge on any atom is 0.00721 e. The molecule has 1 atom stereocenters. The van der Waals surface area contributed by atoms with Gasteiger partial charge >= 0.3 is 0 Å². The van der Waals surface area contributed by atoms with E-state index in [0.717, 1.165) is 11.7 Å². The molecule has 0 amide bonds. The van der Waals surface area contributed by atoms with Gasteiger partial charge in [-0.05, 0) is 49.3 Å². The molecular formula is C13H20S2. The number of thioether (sulfide) groups is 1. The van der Waals surface area contributed by atoms with Crippen molar-refractivity contribution in [3.63, 3.8) is 0 Å². The van der Waals surface area contributed by atoms with Gasteiger partial charge in [-0.15, -0.1) is 11.8 Å². The fourth-order valence-electron chi connectivity index (χ4n) is 1.38. The van der Waals surface area contributed by atoms with Crippen molar-refractivity contribution in [2.75, 3.05) is 11.5 Å². The lowest BCUT2D eigenvalue weighted by Crippen LogP contribution is -1.97. The predicted octanol–water partition coefficient (Wildman–Crippen LogP) is 4.43. The first-order valence-corrected chi connectivity index (χ1v) is 7.14. The molecular weight excluding hydrogens is 220 g/mol.